The number of amides is 2. The normalized spacial score (nSPS) is 10.6. The van der Waals surface area contributed by atoms with Gasteiger partial charge in [-0.05, 0) is 60.5 Å². The second kappa shape index (κ2) is 9.94. The zero-order valence-corrected chi connectivity index (χ0v) is 19.8. The van der Waals surface area contributed by atoms with Crippen LogP contribution in [0.4, 0.5) is 11.4 Å². The third kappa shape index (κ3) is 5.52. The van der Waals surface area contributed by atoms with Crippen LogP contribution >= 0.6 is 27.3 Å². The van der Waals surface area contributed by atoms with Crippen LogP contribution in [0.2, 0.25) is 0 Å². The van der Waals surface area contributed by atoms with E-state index in [4.69, 9.17) is 0 Å². The topological polar surface area (TPSA) is 58.2 Å². The molecule has 4 nitrogen and oxygen atoms in total. The fourth-order valence-electron chi connectivity index (χ4n) is 3.25. The van der Waals surface area contributed by atoms with Crippen LogP contribution in [-0.4, -0.2) is 11.8 Å². The molecule has 32 heavy (non-hydrogen) atoms. The van der Waals surface area contributed by atoms with E-state index >= 15 is 0 Å². The summed E-state index contributed by atoms with van der Waals surface area (Å²) in [5.41, 5.74) is 4.43. The molecule has 0 spiro atoms. The van der Waals surface area contributed by atoms with Crippen LogP contribution in [0.1, 0.15) is 20.8 Å². The number of carbonyl (C=O) groups is 2. The van der Waals surface area contributed by atoms with Gasteiger partial charge in [0, 0.05) is 20.7 Å². The molecule has 3 aromatic carbocycles. The molecule has 4 aromatic rings. The van der Waals surface area contributed by atoms with E-state index in [0.29, 0.717) is 4.88 Å². The number of benzene rings is 3. The van der Waals surface area contributed by atoms with Crippen molar-refractivity contribution in [3.8, 4) is 10.4 Å². The maximum atomic E-state index is 12.9. The van der Waals surface area contributed by atoms with Gasteiger partial charge in [-0.25, -0.2) is 0 Å². The monoisotopic (exact) mass is 504 g/mol. The predicted molar refractivity (Wildman–Crippen MR) is 135 cm³/mol. The molecule has 4 rings (SSSR count). The van der Waals surface area contributed by atoms with E-state index < -0.39 is 0 Å². The summed E-state index contributed by atoms with van der Waals surface area (Å²) in [6, 6.07) is 26.7. The Morgan fingerprint density at radius 3 is 2.19 bits per heavy atom. The lowest BCUT2D eigenvalue weighted by atomic mass is 10.1. The van der Waals surface area contributed by atoms with Gasteiger partial charge in [-0.3, -0.25) is 9.59 Å². The fraction of sp³-hybridized carbons (Fsp3) is 0.0769. The molecule has 0 fully saturated rings. The number of aryl methyl sites for hydroxylation is 1. The summed E-state index contributed by atoms with van der Waals surface area (Å²) in [6.45, 7) is 2.03. The van der Waals surface area contributed by atoms with Crippen LogP contribution in [0.25, 0.3) is 10.4 Å². The number of anilines is 2. The van der Waals surface area contributed by atoms with E-state index in [0.717, 1.165) is 37.4 Å². The minimum absolute atomic E-state index is 0.131. The van der Waals surface area contributed by atoms with Gasteiger partial charge in [0.15, 0.2) is 0 Å². The van der Waals surface area contributed by atoms with Gasteiger partial charge in [0.1, 0.15) is 0 Å². The van der Waals surface area contributed by atoms with Crippen molar-refractivity contribution in [1.82, 2.24) is 0 Å². The van der Waals surface area contributed by atoms with E-state index in [2.05, 4.69) is 26.6 Å². The molecule has 1 heterocycles. The Labute approximate surface area is 199 Å². The first-order chi connectivity index (χ1) is 15.5. The molecule has 0 saturated heterocycles. The zero-order valence-electron chi connectivity index (χ0n) is 17.4. The standard InChI is InChI=1S/C26H21BrN2O2S/c1-17-7-9-18(10-8-17)25-19(16-24(30)28-22-13-11-20(27)12-14-22)15-23(32-25)26(31)29-21-5-3-2-4-6-21/h2-15H,16H2,1H3,(H,28,30)(H,29,31). The summed E-state index contributed by atoms with van der Waals surface area (Å²) in [6.07, 6.45) is 0.175. The van der Waals surface area contributed by atoms with E-state index in [-0.39, 0.29) is 18.2 Å². The lowest BCUT2D eigenvalue weighted by Crippen LogP contribution is -2.14. The van der Waals surface area contributed by atoms with Crippen molar-refractivity contribution < 1.29 is 9.59 Å². The molecular formula is C26H21BrN2O2S. The van der Waals surface area contributed by atoms with Gasteiger partial charge in [0.05, 0.1) is 11.3 Å². The zero-order chi connectivity index (χ0) is 22.5. The van der Waals surface area contributed by atoms with Gasteiger partial charge in [-0.15, -0.1) is 11.3 Å². The Balaban J connectivity index is 1.60. The molecule has 0 radical (unpaired) electrons. The van der Waals surface area contributed by atoms with E-state index in [1.165, 1.54) is 11.3 Å². The van der Waals surface area contributed by atoms with Crippen molar-refractivity contribution in [3.63, 3.8) is 0 Å². The first-order valence-electron chi connectivity index (χ1n) is 10.1. The number of hydrogen-bond acceptors (Lipinski definition) is 3. The molecular weight excluding hydrogens is 484 g/mol. The molecule has 160 valence electrons. The van der Waals surface area contributed by atoms with Crippen LogP contribution < -0.4 is 10.6 Å². The minimum atomic E-state index is -0.186. The molecule has 6 heteroatoms. The van der Waals surface area contributed by atoms with Gasteiger partial charge in [0.25, 0.3) is 5.91 Å². The Kier molecular flexibility index (Phi) is 6.83. The third-order valence-electron chi connectivity index (χ3n) is 4.86. The average molecular weight is 505 g/mol. The number of para-hydroxylation sites is 1. The van der Waals surface area contributed by atoms with Crippen LogP contribution in [0, 0.1) is 6.92 Å². The molecule has 0 aliphatic heterocycles. The highest BCUT2D eigenvalue weighted by molar-refractivity contribution is 9.10. The maximum absolute atomic E-state index is 12.9. The summed E-state index contributed by atoms with van der Waals surface area (Å²) in [5, 5.41) is 5.85. The Hall–Kier alpha value is -3.22. The Morgan fingerprint density at radius 2 is 1.50 bits per heavy atom. The summed E-state index contributed by atoms with van der Waals surface area (Å²) < 4.78 is 0.948. The molecule has 0 saturated carbocycles. The van der Waals surface area contributed by atoms with Gasteiger partial charge >= 0.3 is 0 Å². The first-order valence-corrected chi connectivity index (χ1v) is 11.7. The molecule has 0 bridgehead atoms. The molecule has 0 unspecified atom stereocenters. The molecule has 0 atom stereocenters. The largest absolute Gasteiger partial charge is 0.326 e. The lowest BCUT2D eigenvalue weighted by Gasteiger charge is -2.07. The van der Waals surface area contributed by atoms with Gasteiger partial charge in [-0.2, -0.15) is 0 Å². The number of hydrogen-bond donors (Lipinski definition) is 2. The molecule has 2 N–H and O–H groups in total. The quantitative estimate of drug-likeness (QED) is 0.299. The summed E-state index contributed by atoms with van der Waals surface area (Å²) in [5.74, 6) is -0.317. The summed E-state index contributed by atoms with van der Waals surface area (Å²) in [7, 11) is 0. The van der Waals surface area contributed by atoms with Crippen LogP contribution in [0.15, 0.2) is 89.4 Å². The third-order valence-corrected chi connectivity index (χ3v) is 6.61. The smallest absolute Gasteiger partial charge is 0.265 e. The van der Waals surface area contributed by atoms with Crippen molar-refractivity contribution in [1.29, 1.82) is 0 Å². The lowest BCUT2D eigenvalue weighted by molar-refractivity contribution is -0.115. The van der Waals surface area contributed by atoms with Gasteiger partial charge in [0.2, 0.25) is 5.91 Å². The van der Waals surface area contributed by atoms with Crippen LogP contribution in [-0.2, 0) is 11.2 Å². The van der Waals surface area contributed by atoms with Crippen molar-refractivity contribution in [2.45, 2.75) is 13.3 Å². The summed E-state index contributed by atoms with van der Waals surface area (Å²) in [4.78, 5) is 27.1. The highest BCUT2D eigenvalue weighted by Crippen LogP contribution is 2.34. The van der Waals surface area contributed by atoms with Gasteiger partial charge < -0.3 is 10.6 Å². The molecule has 0 aliphatic rings. The van der Waals surface area contributed by atoms with E-state index in [1.54, 1.807) is 0 Å². The van der Waals surface area contributed by atoms with Crippen molar-refractivity contribution in [2.24, 2.45) is 0 Å². The SMILES string of the molecule is Cc1ccc(-c2sc(C(=O)Nc3ccccc3)cc2CC(=O)Nc2ccc(Br)cc2)cc1. The number of nitrogens with one attached hydrogen (secondary N) is 2. The molecule has 0 aliphatic carbocycles. The van der Waals surface area contributed by atoms with Gasteiger partial charge in [-0.1, -0.05) is 64.0 Å². The van der Waals surface area contributed by atoms with Crippen molar-refractivity contribution >= 4 is 50.5 Å². The number of carbonyl (C=O) groups excluding carboxylic acids is 2. The highest BCUT2D eigenvalue weighted by Gasteiger charge is 2.18. The second-order valence-corrected chi connectivity index (χ2v) is 9.35. The number of halogens is 1. The van der Waals surface area contributed by atoms with Crippen molar-refractivity contribution in [2.75, 3.05) is 10.6 Å². The Morgan fingerprint density at radius 1 is 0.844 bits per heavy atom. The fourth-order valence-corrected chi connectivity index (χ4v) is 4.59. The van der Waals surface area contributed by atoms with Crippen LogP contribution in [0.3, 0.4) is 0 Å². The Bertz CT molecular complexity index is 1230. The van der Waals surface area contributed by atoms with Crippen molar-refractivity contribution in [3.05, 3.63) is 105 Å². The first kappa shape index (κ1) is 22.0. The van der Waals surface area contributed by atoms with E-state index in [9.17, 15) is 9.59 Å². The highest BCUT2D eigenvalue weighted by atomic mass is 79.9. The second-order valence-electron chi connectivity index (χ2n) is 7.38. The predicted octanol–water partition coefficient (Wildman–Crippen LogP) is 6.92. The average Bonchev–Trinajstić information content (AvgIpc) is 3.20. The number of thiophene rings is 1. The molecule has 2 amide bonds. The van der Waals surface area contributed by atoms with Crippen LogP contribution in [0.5, 0.6) is 0 Å². The maximum Gasteiger partial charge on any atom is 0.265 e. The molecule has 1 aromatic heterocycles. The van der Waals surface area contributed by atoms with E-state index in [1.807, 2.05) is 91.9 Å². The minimum Gasteiger partial charge on any atom is -0.326 e. The number of rotatable bonds is 6. The summed E-state index contributed by atoms with van der Waals surface area (Å²) >= 11 is 4.79.